The first-order valence-electron chi connectivity index (χ1n) is 9.70. The molecule has 2 aromatic rings. The fourth-order valence-corrected chi connectivity index (χ4v) is 4.19. The smallest absolute Gasteiger partial charge is 0.254 e. The number of likely N-dealkylation sites (tertiary alicyclic amines) is 1. The maximum absolute atomic E-state index is 13.0. The monoisotopic (exact) mass is 353 g/mol. The number of hydrogen-bond acceptors (Lipinski definition) is 4. The Bertz CT molecular complexity index is 736. The van der Waals surface area contributed by atoms with Crippen molar-refractivity contribution in [2.45, 2.75) is 38.5 Å². The molecule has 0 aromatic carbocycles. The maximum Gasteiger partial charge on any atom is 0.254 e. The highest BCUT2D eigenvalue weighted by atomic mass is 16.2. The van der Waals surface area contributed by atoms with Crippen LogP contribution in [0.2, 0.25) is 0 Å². The molecule has 1 amide bonds. The molecule has 4 heterocycles. The Kier molecular flexibility index (Phi) is 4.91. The van der Waals surface area contributed by atoms with Crippen LogP contribution >= 0.6 is 0 Å². The molecule has 1 N–H and O–H groups in total. The van der Waals surface area contributed by atoms with Crippen molar-refractivity contribution in [3.05, 3.63) is 41.9 Å². The zero-order valence-corrected chi connectivity index (χ0v) is 15.4. The molecule has 1 unspecified atom stereocenters. The summed E-state index contributed by atoms with van der Waals surface area (Å²) < 4.78 is 0. The van der Waals surface area contributed by atoms with Gasteiger partial charge < -0.3 is 9.80 Å². The molecule has 6 heteroatoms. The summed E-state index contributed by atoms with van der Waals surface area (Å²) in [5, 5.41) is 7.10. The lowest BCUT2D eigenvalue weighted by Crippen LogP contribution is -2.38. The summed E-state index contributed by atoms with van der Waals surface area (Å²) in [4.78, 5) is 21.8. The molecule has 0 saturated carbocycles. The van der Waals surface area contributed by atoms with E-state index in [1.165, 1.54) is 18.5 Å². The Labute approximate surface area is 154 Å². The zero-order chi connectivity index (χ0) is 17.9. The molecule has 2 fully saturated rings. The molecule has 4 rings (SSSR count). The number of nitrogens with zero attached hydrogens (tertiary/aromatic N) is 4. The minimum absolute atomic E-state index is 0.127. The first kappa shape index (κ1) is 17.1. The zero-order valence-electron chi connectivity index (χ0n) is 15.4. The van der Waals surface area contributed by atoms with E-state index in [0.717, 1.165) is 50.4 Å². The van der Waals surface area contributed by atoms with Gasteiger partial charge in [-0.15, -0.1) is 0 Å². The van der Waals surface area contributed by atoms with Crippen LogP contribution in [-0.4, -0.2) is 52.2 Å². The van der Waals surface area contributed by atoms with Crippen LogP contribution in [0, 0.1) is 5.92 Å². The molecule has 2 aromatic heterocycles. The molecule has 6 nitrogen and oxygen atoms in total. The number of nitrogens with one attached hydrogen (secondary N) is 1. The summed E-state index contributed by atoms with van der Waals surface area (Å²) in [6.45, 7) is 5.93. The van der Waals surface area contributed by atoms with E-state index >= 15 is 0 Å². The third kappa shape index (κ3) is 3.59. The highest BCUT2D eigenvalue weighted by Gasteiger charge is 2.26. The molecule has 0 bridgehead atoms. The van der Waals surface area contributed by atoms with Crippen LogP contribution in [0.5, 0.6) is 0 Å². The third-order valence-electron chi connectivity index (χ3n) is 5.72. The van der Waals surface area contributed by atoms with Crippen molar-refractivity contribution in [3.8, 4) is 0 Å². The van der Waals surface area contributed by atoms with Gasteiger partial charge in [0.25, 0.3) is 5.91 Å². The van der Waals surface area contributed by atoms with E-state index in [9.17, 15) is 4.79 Å². The second-order valence-corrected chi connectivity index (χ2v) is 7.67. The van der Waals surface area contributed by atoms with Crippen LogP contribution in [0.25, 0.3) is 0 Å². The van der Waals surface area contributed by atoms with E-state index in [0.29, 0.717) is 11.8 Å². The molecule has 2 saturated heterocycles. The lowest BCUT2D eigenvalue weighted by atomic mass is 9.93. The predicted octanol–water partition coefficient (Wildman–Crippen LogP) is 3.06. The van der Waals surface area contributed by atoms with Crippen LogP contribution in [0.1, 0.15) is 54.6 Å². The van der Waals surface area contributed by atoms with Crippen LogP contribution in [0.4, 0.5) is 5.82 Å². The second kappa shape index (κ2) is 7.48. The van der Waals surface area contributed by atoms with Crippen molar-refractivity contribution in [1.82, 2.24) is 20.1 Å². The molecule has 26 heavy (non-hydrogen) atoms. The van der Waals surface area contributed by atoms with E-state index in [4.69, 9.17) is 0 Å². The molecule has 138 valence electrons. The van der Waals surface area contributed by atoms with Crippen LogP contribution < -0.4 is 4.90 Å². The Morgan fingerprint density at radius 2 is 2.00 bits per heavy atom. The summed E-state index contributed by atoms with van der Waals surface area (Å²) in [6.07, 6.45) is 8.01. The van der Waals surface area contributed by atoms with Gasteiger partial charge in [0, 0.05) is 55.7 Å². The summed E-state index contributed by atoms with van der Waals surface area (Å²) in [5.74, 6) is 2.23. The third-order valence-corrected chi connectivity index (χ3v) is 5.72. The number of carbonyl (C=O) groups excluding carboxylic acids is 1. The molecule has 1 atom stereocenters. The van der Waals surface area contributed by atoms with Crippen molar-refractivity contribution in [2.75, 3.05) is 31.1 Å². The number of pyridine rings is 1. The number of amides is 1. The molecule has 0 aliphatic carbocycles. The predicted molar refractivity (Wildman–Crippen MR) is 101 cm³/mol. The standard InChI is InChI=1S/C20H27N5O/c1-15-3-2-10-25(14-15)19-13-17(4-8-21-19)20(26)24-11-6-16(7-12-24)18-5-9-22-23-18/h4-5,8-9,13,15-16H,2-3,6-7,10-12,14H2,1H3,(H,22,23). The van der Waals surface area contributed by atoms with E-state index < -0.39 is 0 Å². The SMILES string of the molecule is CC1CCCN(c2cc(C(=O)N3CCC(c4ccn[nH]4)CC3)ccn2)C1. The van der Waals surface area contributed by atoms with Crippen molar-refractivity contribution < 1.29 is 4.79 Å². The fourth-order valence-electron chi connectivity index (χ4n) is 4.19. The molecular formula is C20H27N5O. The average Bonchev–Trinajstić information content (AvgIpc) is 3.22. The quantitative estimate of drug-likeness (QED) is 0.921. The normalized spacial score (nSPS) is 21.8. The van der Waals surface area contributed by atoms with Crippen molar-refractivity contribution in [3.63, 3.8) is 0 Å². The van der Waals surface area contributed by atoms with Gasteiger partial charge in [-0.25, -0.2) is 4.98 Å². The van der Waals surface area contributed by atoms with Crippen LogP contribution in [0.3, 0.4) is 0 Å². The average molecular weight is 353 g/mol. The highest BCUT2D eigenvalue weighted by Crippen LogP contribution is 2.28. The number of aromatic nitrogens is 3. The lowest BCUT2D eigenvalue weighted by Gasteiger charge is -2.33. The number of H-pyrrole nitrogens is 1. The molecule has 2 aliphatic heterocycles. The van der Waals surface area contributed by atoms with E-state index in [-0.39, 0.29) is 5.91 Å². The lowest BCUT2D eigenvalue weighted by molar-refractivity contribution is 0.0712. The van der Waals surface area contributed by atoms with E-state index in [1.54, 1.807) is 12.4 Å². The van der Waals surface area contributed by atoms with Gasteiger partial charge in [-0.05, 0) is 49.8 Å². The first-order valence-corrected chi connectivity index (χ1v) is 9.70. The maximum atomic E-state index is 13.0. The van der Waals surface area contributed by atoms with Crippen LogP contribution in [0.15, 0.2) is 30.6 Å². The Balaban J connectivity index is 1.41. The van der Waals surface area contributed by atoms with Crippen molar-refractivity contribution >= 4 is 11.7 Å². The van der Waals surface area contributed by atoms with Gasteiger partial charge >= 0.3 is 0 Å². The van der Waals surface area contributed by atoms with Crippen LogP contribution in [-0.2, 0) is 0 Å². The molecular weight excluding hydrogens is 326 g/mol. The fraction of sp³-hybridized carbons (Fsp3) is 0.550. The van der Waals surface area contributed by atoms with E-state index in [2.05, 4.69) is 27.0 Å². The van der Waals surface area contributed by atoms with E-state index in [1.807, 2.05) is 23.1 Å². The number of anilines is 1. The summed E-state index contributed by atoms with van der Waals surface area (Å²) in [6, 6.07) is 5.86. The highest BCUT2D eigenvalue weighted by molar-refractivity contribution is 5.95. The molecule has 2 aliphatic rings. The molecule has 0 spiro atoms. The summed E-state index contributed by atoms with van der Waals surface area (Å²) >= 11 is 0. The van der Waals surface area contributed by atoms with Crippen molar-refractivity contribution in [1.29, 1.82) is 0 Å². The van der Waals surface area contributed by atoms with Crippen molar-refractivity contribution in [2.24, 2.45) is 5.92 Å². The first-order chi connectivity index (χ1) is 12.7. The minimum Gasteiger partial charge on any atom is -0.356 e. The largest absolute Gasteiger partial charge is 0.356 e. The number of piperidine rings is 2. The summed E-state index contributed by atoms with van der Waals surface area (Å²) in [5.41, 5.74) is 1.94. The van der Waals surface area contributed by atoms with Gasteiger partial charge in [-0.1, -0.05) is 6.92 Å². The van der Waals surface area contributed by atoms with Gasteiger partial charge in [0.1, 0.15) is 5.82 Å². The van der Waals surface area contributed by atoms with Gasteiger partial charge in [0.05, 0.1) is 0 Å². The molecule has 0 radical (unpaired) electrons. The minimum atomic E-state index is 0.127. The Hall–Kier alpha value is -2.37. The number of aromatic amines is 1. The topological polar surface area (TPSA) is 65.1 Å². The van der Waals surface area contributed by atoms with Gasteiger partial charge in [-0.3, -0.25) is 9.89 Å². The number of carbonyl (C=O) groups is 1. The Morgan fingerprint density at radius 3 is 2.73 bits per heavy atom. The number of hydrogen-bond donors (Lipinski definition) is 1. The van der Waals surface area contributed by atoms with Gasteiger partial charge in [-0.2, -0.15) is 5.10 Å². The van der Waals surface area contributed by atoms with Gasteiger partial charge in [0.15, 0.2) is 0 Å². The Morgan fingerprint density at radius 1 is 1.15 bits per heavy atom. The second-order valence-electron chi connectivity index (χ2n) is 7.67. The van der Waals surface area contributed by atoms with Gasteiger partial charge in [0.2, 0.25) is 0 Å². The summed E-state index contributed by atoms with van der Waals surface area (Å²) in [7, 11) is 0. The number of rotatable bonds is 3.